The number of nitrogens with one attached hydrogen (secondary N) is 1. The summed E-state index contributed by atoms with van der Waals surface area (Å²) in [5.41, 5.74) is 0. The molecule has 0 saturated heterocycles. The Hall–Kier alpha value is -1.82. The molecule has 0 fully saturated rings. The lowest BCUT2D eigenvalue weighted by atomic mass is 10.4. The Morgan fingerprint density at radius 2 is 2.22 bits per heavy atom. The summed E-state index contributed by atoms with van der Waals surface area (Å²) < 4.78 is 5.14. The summed E-state index contributed by atoms with van der Waals surface area (Å²) in [5, 5.41) is 3.14. The molecule has 1 atom stereocenters. The second-order valence-corrected chi connectivity index (χ2v) is 4.90. The number of carbonyl (C=O) groups is 1. The van der Waals surface area contributed by atoms with E-state index in [0.717, 1.165) is 5.76 Å². The summed E-state index contributed by atoms with van der Waals surface area (Å²) in [4.78, 5) is 19.9. The van der Waals surface area contributed by atoms with E-state index in [-0.39, 0.29) is 11.2 Å². The summed E-state index contributed by atoms with van der Waals surface area (Å²) in [7, 11) is 0. The quantitative estimate of drug-likeness (QED) is 0.659. The number of thioether (sulfide) groups is 1. The summed E-state index contributed by atoms with van der Waals surface area (Å²) in [6.45, 7) is 2.21. The van der Waals surface area contributed by atoms with Gasteiger partial charge < -0.3 is 9.73 Å². The highest BCUT2D eigenvalue weighted by Crippen LogP contribution is 2.18. The summed E-state index contributed by atoms with van der Waals surface area (Å²) in [5.74, 6) is 0.667. The van der Waals surface area contributed by atoms with E-state index in [2.05, 4.69) is 15.3 Å². The Kier molecular flexibility index (Phi) is 4.35. The molecular weight excluding hydrogens is 250 g/mol. The zero-order valence-corrected chi connectivity index (χ0v) is 10.7. The molecule has 2 aromatic rings. The minimum atomic E-state index is -0.248. The number of aromatic nitrogens is 2. The van der Waals surface area contributed by atoms with E-state index < -0.39 is 0 Å². The van der Waals surface area contributed by atoms with Crippen LogP contribution in [0.4, 0.5) is 0 Å². The molecule has 18 heavy (non-hydrogen) atoms. The van der Waals surface area contributed by atoms with Crippen LogP contribution in [0.1, 0.15) is 12.7 Å². The number of carbonyl (C=O) groups excluding carboxylic acids is 1. The van der Waals surface area contributed by atoms with E-state index >= 15 is 0 Å². The normalized spacial score (nSPS) is 12.1. The maximum absolute atomic E-state index is 11.8. The van der Waals surface area contributed by atoms with Gasteiger partial charge in [-0.15, -0.1) is 0 Å². The predicted octanol–water partition coefficient (Wildman–Crippen LogP) is 1.87. The van der Waals surface area contributed by atoms with Gasteiger partial charge in [0.2, 0.25) is 5.91 Å². The van der Waals surface area contributed by atoms with Gasteiger partial charge in [0, 0.05) is 12.4 Å². The SMILES string of the molecule is C[C@H](Sc1ncccn1)C(=O)NCc1ccco1. The van der Waals surface area contributed by atoms with E-state index in [1.54, 1.807) is 30.8 Å². The molecule has 2 rings (SSSR count). The highest BCUT2D eigenvalue weighted by atomic mass is 32.2. The van der Waals surface area contributed by atoms with Gasteiger partial charge in [-0.05, 0) is 25.1 Å². The lowest BCUT2D eigenvalue weighted by Gasteiger charge is -2.09. The lowest BCUT2D eigenvalue weighted by Crippen LogP contribution is -2.30. The summed E-state index contributed by atoms with van der Waals surface area (Å²) >= 11 is 1.32. The molecule has 0 aliphatic heterocycles. The first-order chi connectivity index (χ1) is 8.75. The van der Waals surface area contributed by atoms with E-state index in [0.29, 0.717) is 11.7 Å². The first-order valence-corrected chi connectivity index (χ1v) is 6.37. The van der Waals surface area contributed by atoms with Crippen LogP contribution in [0, 0.1) is 0 Å². The minimum absolute atomic E-state index is 0.0659. The Labute approximate surface area is 109 Å². The third-order valence-corrected chi connectivity index (χ3v) is 3.20. The van der Waals surface area contributed by atoms with E-state index in [1.165, 1.54) is 11.8 Å². The predicted molar refractivity (Wildman–Crippen MR) is 67.9 cm³/mol. The van der Waals surface area contributed by atoms with Gasteiger partial charge in [0.15, 0.2) is 5.16 Å². The zero-order chi connectivity index (χ0) is 12.8. The van der Waals surface area contributed by atoms with Gasteiger partial charge in [-0.1, -0.05) is 11.8 Å². The van der Waals surface area contributed by atoms with Crippen molar-refractivity contribution in [3.63, 3.8) is 0 Å². The number of nitrogens with zero attached hydrogens (tertiary/aromatic N) is 2. The molecule has 0 aromatic carbocycles. The highest BCUT2D eigenvalue weighted by molar-refractivity contribution is 8.00. The van der Waals surface area contributed by atoms with Crippen molar-refractivity contribution in [2.45, 2.75) is 23.9 Å². The second-order valence-electron chi connectivity index (χ2n) is 3.59. The van der Waals surface area contributed by atoms with E-state index in [4.69, 9.17) is 4.42 Å². The van der Waals surface area contributed by atoms with Gasteiger partial charge in [-0.2, -0.15) is 0 Å². The van der Waals surface area contributed by atoms with Crippen LogP contribution in [0.15, 0.2) is 46.4 Å². The number of amides is 1. The fraction of sp³-hybridized carbons (Fsp3) is 0.250. The molecule has 0 spiro atoms. The smallest absolute Gasteiger partial charge is 0.233 e. The van der Waals surface area contributed by atoms with Gasteiger partial charge in [0.25, 0.3) is 0 Å². The molecule has 1 amide bonds. The van der Waals surface area contributed by atoms with Crippen molar-refractivity contribution in [3.8, 4) is 0 Å². The van der Waals surface area contributed by atoms with Crippen LogP contribution in [-0.2, 0) is 11.3 Å². The van der Waals surface area contributed by atoms with Crippen LogP contribution in [0.5, 0.6) is 0 Å². The van der Waals surface area contributed by atoms with Crippen LogP contribution in [0.3, 0.4) is 0 Å². The largest absolute Gasteiger partial charge is 0.467 e. The van der Waals surface area contributed by atoms with Crippen molar-refractivity contribution in [3.05, 3.63) is 42.6 Å². The molecule has 0 bridgehead atoms. The highest BCUT2D eigenvalue weighted by Gasteiger charge is 2.15. The number of hydrogen-bond acceptors (Lipinski definition) is 5. The molecule has 0 aliphatic rings. The van der Waals surface area contributed by atoms with Crippen LogP contribution >= 0.6 is 11.8 Å². The topological polar surface area (TPSA) is 68.0 Å². The Morgan fingerprint density at radius 3 is 2.89 bits per heavy atom. The number of hydrogen-bond donors (Lipinski definition) is 1. The summed E-state index contributed by atoms with van der Waals surface area (Å²) in [6, 6.07) is 5.35. The maximum atomic E-state index is 11.8. The van der Waals surface area contributed by atoms with Gasteiger partial charge >= 0.3 is 0 Å². The molecule has 5 nitrogen and oxygen atoms in total. The van der Waals surface area contributed by atoms with Crippen LogP contribution in [0.25, 0.3) is 0 Å². The van der Waals surface area contributed by atoms with Crippen molar-refractivity contribution < 1.29 is 9.21 Å². The molecule has 6 heteroatoms. The fourth-order valence-electron chi connectivity index (χ4n) is 1.29. The molecule has 0 saturated carbocycles. The van der Waals surface area contributed by atoms with Crippen molar-refractivity contribution in [2.75, 3.05) is 0 Å². The van der Waals surface area contributed by atoms with Crippen molar-refractivity contribution in [2.24, 2.45) is 0 Å². The zero-order valence-electron chi connectivity index (χ0n) is 9.87. The molecule has 1 N–H and O–H groups in total. The van der Waals surface area contributed by atoms with E-state index in [1.807, 2.05) is 13.0 Å². The molecule has 0 radical (unpaired) electrons. The maximum Gasteiger partial charge on any atom is 0.233 e. The van der Waals surface area contributed by atoms with Gasteiger partial charge in [-0.3, -0.25) is 4.79 Å². The van der Waals surface area contributed by atoms with Crippen molar-refractivity contribution >= 4 is 17.7 Å². The van der Waals surface area contributed by atoms with Crippen molar-refractivity contribution in [1.29, 1.82) is 0 Å². The molecule has 2 aromatic heterocycles. The molecule has 0 aliphatic carbocycles. The number of furan rings is 1. The van der Waals surface area contributed by atoms with Crippen molar-refractivity contribution in [1.82, 2.24) is 15.3 Å². The van der Waals surface area contributed by atoms with Crippen LogP contribution in [-0.4, -0.2) is 21.1 Å². The third kappa shape index (κ3) is 3.59. The molecule has 94 valence electrons. The first-order valence-electron chi connectivity index (χ1n) is 5.49. The average Bonchev–Trinajstić information content (AvgIpc) is 2.90. The minimum Gasteiger partial charge on any atom is -0.467 e. The Morgan fingerprint density at radius 1 is 1.44 bits per heavy atom. The van der Waals surface area contributed by atoms with Gasteiger partial charge in [0.1, 0.15) is 5.76 Å². The van der Waals surface area contributed by atoms with Crippen LogP contribution < -0.4 is 5.32 Å². The van der Waals surface area contributed by atoms with Gasteiger partial charge in [0.05, 0.1) is 18.1 Å². The Bertz CT molecular complexity index is 487. The number of rotatable bonds is 5. The average molecular weight is 263 g/mol. The first kappa shape index (κ1) is 12.6. The lowest BCUT2D eigenvalue weighted by molar-refractivity contribution is -0.120. The molecule has 2 heterocycles. The summed E-state index contributed by atoms with van der Waals surface area (Å²) in [6.07, 6.45) is 4.89. The van der Waals surface area contributed by atoms with Gasteiger partial charge in [-0.25, -0.2) is 9.97 Å². The standard InChI is InChI=1S/C12H13N3O2S/c1-9(18-12-13-5-3-6-14-12)11(16)15-8-10-4-2-7-17-10/h2-7,9H,8H2,1H3,(H,15,16)/t9-/m0/s1. The van der Waals surface area contributed by atoms with Crippen LogP contribution in [0.2, 0.25) is 0 Å². The molecule has 0 unspecified atom stereocenters. The monoisotopic (exact) mass is 263 g/mol. The third-order valence-electron chi connectivity index (χ3n) is 2.21. The molecular formula is C12H13N3O2S. The Balaban J connectivity index is 1.82. The van der Waals surface area contributed by atoms with E-state index in [9.17, 15) is 4.79 Å². The fourth-order valence-corrected chi connectivity index (χ4v) is 2.04. The second kappa shape index (κ2) is 6.20.